The Labute approximate surface area is 109 Å². The minimum atomic E-state index is 0.483. The zero-order chi connectivity index (χ0) is 11.4. The summed E-state index contributed by atoms with van der Waals surface area (Å²) in [4.78, 5) is 0. The first-order chi connectivity index (χ1) is 7.75. The Morgan fingerprint density at radius 3 is 3.06 bits per heavy atom. The summed E-state index contributed by atoms with van der Waals surface area (Å²) in [6.45, 7) is 2.58. The summed E-state index contributed by atoms with van der Waals surface area (Å²) >= 11 is 9.41. The van der Waals surface area contributed by atoms with Gasteiger partial charge in [-0.25, -0.2) is 0 Å². The lowest BCUT2D eigenvalue weighted by atomic mass is 10.1. The first-order valence-corrected chi connectivity index (χ1v) is 6.68. The molecule has 2 nitrogen and oxygen atoms in total. The van der Waals surface area contributed by atoms with Crippen molar-refractivity contribution in [1.82, 2.24) is 5.32 Å². The van der Waals surface area contributed by atoms with Crippen molar-refractivity contribution < 1.29 is 4.74 Å². The molecule has 16 heavy (non-hydrogen) atoms. The van der Waals surface area contributed by atoms with E-state index < -0.39 is 0 Å². The third kappa shape index (κ3) is 3.45. The van der Waals surface area contributed by atoms with Crippen molar-refractivity contribution >= 4 is 27.5 Å². The lowest BCUT2D eigenvalue weighted by Crippen LogP contribution is -2.36. The molecule has 1 unspecified atom stereocenters. The maximum Gasteiger partial charge on any atom is 0.0619 e. The van der Waals surface area contributed by atoms with Crippen molar-refractivity contribution in [3.8, 4) is 0 Å². The van der Waals surface area contributed by atoms with Crippen molar-refractivity contribution in [1.29, 1.82) is 0 Å². The molecule has 1 saturated heterocycles. The topological polar surface area (TPSA) is 21.3 Å². The van der Waals surface area contributed by atoms with Crippen molar-refractivity contribution in [3.05, 3.63) is 33.3 Å². The van der Waals surface area contributed by atoms with E-state index in [1.54, 1.807) is 0 Å². The molecule has 0 amide bonds. The third-order valence-corrected chi connectivity index (χ3v) is 3.73. The highest BCUT2D eigenvalue weighted by Crippen LogP contribution is 2.21. The highest BCUT2D eigenvalue weighted by molar-refractivity contribution is 9.10. The van der Waals surface area contributed by atoms with Gasteiger partial charge < -0.3 is 10.1 Å². The standard InChI is InChI=1S/C12H15BrClNO/c13-12-6-10(14)4-3-9(12)7-15-11-2-1-5-16-8-11/h3-4,6,11,15H,1-2,5,7-8H2. The van der Waals surface area contributed by atoms with E-state index in [1.807, 2.05) is 18.2 Å². The second-order valence-electron chi connectivity index (χ2n) is 4.03. The molecule has 1 fully saturated rings. The molecular formula is C12H15BrClNO. The van der Waals surface area contributed by atoms with Crippen molar-refractivity contribution in [2.24, 2.45) is 0 Å². The summed E-state index contributed by atoms with van der Waals surface area (Å²) in [6.07, 6.45) is 2.35. The summed E-state index contributed by atoms with van der Waals surface area (Å²) in [6, 6.07) is 6.37. The van der Waals surface area contributed by atoms with Gasteiger partial charge >= 0.3 is 0 Å². The van der Waals surface area contributed by atoms with Crippen molar-refractivity contribution in [2.45, 2.75) is 25.4 Å². The number of rotatable bonds is 3. The lowest BCUT2D eigenvalue weighted by molar-refractivity contribution is 0.0699. The van der Waals surface area contributed by atoms with Crippen LogP contribution in [0.15, 0.2) is 22.7 Å². The number of benzene rings is 1. The molecule has 1 atom stereocenters. The fraction of sp³-hybridized carbons (Fsp3) is 0.500. The first kappa shape index (κ1) is 12.4. The molecule has 0 aromatic heterocycles. The van der Waals surface area contributed by atoms with Crippen LogP contribution in [0.3, 0.4) is 0 Å². The predicted molar refractivity (Wildman–Crippen MR) is 69.8 cm³/mol. The van der Waals surface area contributed by atoms with Crippen molar-refractivity contribution in [2.75, 3.05) is 13.2 Å². The average molecular weight is 305 g/mol. The second-order valence-corrected chi connectivity index (χ2v) is 5.32. The van der Waals surface area contributed by atoms with Crippen LogP contribution in [0.5, 0.6) is 0 Å². The second kappa shape index (κ2) is 6.01. The SMILES string of the molecule is Clc1ccc(CNC2CCCOC2)c(Br)c1. The maximum absolute atomic E-state index is 5.90. The van der Waals surface area contributed by atoms with Gasteiger partial charge in [0.1, 0.15) is 0 Å². The summed E-state index contributed by atoms with van der Waals surface area (Å²) in [5.74, 6) is 0. The van der Waals surface area contributed by atoms with Crippen molar-refractivity contribution in [3.63, 3.8) is 0 Å². The van der Waals surface area contributed by atoms with Crippen LogP contribution in [-0.4, -0.2) is 19.3 Å². The van der Waals surface area contributed by atoms with E-state index in [4.69, 9.17) is 16.3 Å². The number of hydrogen-bond acceptors (Lipinski definition) is 2. The molecule has 88 valence electrons. The Balaban J connectivity index is 1.88. The molecule has 0 saturated carbocycles. The molecule has 0 spiro atoms. The van der Waals surface area contributed by atoms with E-state index in [0.717, 1.165) is 35.7 Å². The van der Waals surface area contributed by atoms with E-state index in [1.165, 1.54) is 12.0 Å². The van der Waals surface area contributed by atoms with Gasteiger partial charge in [0.15, 0.2) is 0 Å². The van der Waals surface area contributed by atoms with Gasteiger partial charge in [-0.15, -0.1) is 0 Å². The Kier molecular flexibility index (Phi) is 4.65. The summed E-state index contributed by atoms with van der Waals surface area (Å²) in [7, 11) is 0. The summed E-state index contributed by atoms with van der Waals surface area (Å²) in [5.41, 5.74) is 1.23. The predicted octanol–water partition coefficient (Wildman–Crippen LogP) is 3.37. The fourth-order valence-electron chi connectivity index (χ4n) is 1.82. The fourth-order valence-corrected chi connectivity index (χ4v) is 2.64. The Morgan fingerprint density at radius 2 is 2.38 bits per heavy atom. The molecule has 0 aliphatic carbocycles. The zero-order valence-electron chi connectivity index (χ0n) is 9.01. The number of ether oxygens (including phenoxy) is 1. The van der Waals surface area contributed by atoms with Crippen LogP contribution in [-0.2, 0) is 11.3 Å². The van der Waals surface area contributed by atoms with Gasteiger partial charge in [0.05, 0.1) is 6.61 Å². The maximum atomic E-state index is 5.90. The minimum absolute atomic E-state index is 0.483. The number of halogens is 2. The third-order valence-electron chi connectivity index (χ3n) is 2.76. The van der Waals surface area contributed by atoms with Gasteiger partial charge in [0, 0.05) is 28.7 Å². The zero-order valence-corrected chi connectivity index (χ0v) is 11.4. The van der Waals surface area contributed by atoms with Crippen LogP contribution < -0.4 is 5.32 Å². The Bertz CT molecular complexity index is 353. The molecule has 1 aliphatic rings. The largest absolute Gasteiger partial charge is 0.380 e. The summed E-state index contributed by atoms with van der Waals surface area (Å²) < 4.78 is 6.48. The van der Waals surface area contributed by atoms with Crippen LogP contribution >= 0.6 is 27.5 Å². The summed E-state index contributed by atoms with van der Waals surface area (Å²) in [5, 5.41) is 4.26. The molecule has 2 rings (SSSR count). The van der Waals surface area contributed by atoms with E-state index in [-0.39, 0.29) is 0 Å². The highest BCUT2D eigenvalue weighted by atomic mass is 79.9. The van der Waals surface area contributed by atoms with Gasteiger partial charge in [-0.3, -0.25) is 0 Å². The van der Waals surface area contributed by atoms with Crippen LogP contribution in [0, 0.1) is 0 Å². The minimum Gasteiger partial charge on any atom is -0.380 e. The smallest absolute Gasteiger partial charge is 0.0619 e. The molecular weight excluding hydrogens is 289 g/mol. The van der Waals surface area contributed by atoms with E-state index >= 15 is 0 Å². The molecule has 1 heterocycles. The van der Waals surface area contributed by atoms with Crippen LogP contribution in [0.2, 0.25) is 5.02 Å². The van der Waals surface area contributed by atoms with Crippen LogP contribution in [0.4, 0.5) is 0 Å². The number of hydrogen-bond donors (Lipinski definition) is 1. The molecule has 1 aliphatic heterocycles. The molecule has 1 aromatic carbocycles. The number of nitrogens with one attached hydrogen (secondary N) is 1. The lowest BCUT2D eigenvalue weighted by Gasteiger charge is -2.23. The van der Waals surface area contributed by atoms with E-state index in [0.29, 0.717) is 6.04 Å². The Hall–Kier alpha value is -0.0900. The monoisotopic (exact) mass is 303 g/mol. The van der Waals surface area contributed by atoms with Gasteiger partial charge in [-0.1, -0.05) is 33.6 Å². The van der Waals surface area contributed by atoms with Gasteiger partial charge in [-0.2, -0.15) is 0 Å². The molecule has 0 radical (unpaired) electrons. The van der Waals surface area contributed by atoms with E-state index in [2.05, 4.69) is 21.2 Å². The van der Waals surface area contributed by atoms with Gasteiger partial charge in [-0.05, 0) is 30.5 Å². The normalized spacial score (nSPS) is 21.0. The molecule has 4 heteroatoms. The molecule has 1 N–H and O–H groups in total. The first-order valence-electron chi connectivity index (χ1n) is 5.51. The van der Waals surface area contributed by atoms with Crippen LogP contribution in [0.25, 0.3) is 0 Å². The molecule has 1 aromatic rings. The van der Waals surface area contributed by atoms with Gasteiger partial charge in [0.2, 0.25) is 0 Å². The highest BCUT2D eigenvalue weighted by Gasteiger charge is 2.13. The molecule has 0 bridgehead atoms. The quantitative estimate of drug-likeness (QED) is 0.924. The van der Waals surface area contributed by atoms with E-state index in [9.17, 15) is 0 Å². The average Bonchev–Trinajstić information content (AvgIpc) is 2.29. The van der Waals surface area contributed by atoms with Crippen LogP contribution in [0.1, 0.15) is 18.4 Å². The van der Waals surface area contributed by atoms with Gasteiger partial charge in [0.25, 0.3) is 0 Å². The Morgan fingerprint density at radius 1 is 1.50 bits per heavy atom.